The largest absolute Gasteiger partial charge is 0.486 e. The van der Waals surface area contributed by atoms with Crippen LogP contribution in [-0.4, -0.2) is 16.2 Å². The van der Waals surface area contributed by atoms with Gasteiger partial charge in [0.1, 0.15) is 12.4 Å². The lowest BCUT2D eigenvalue weighted by molar-refractivity contribution is 0.262. The number of carbonyl (C=O) groups excluding carboxylic acids is 1. The van der Waals surface area contributed by atoms with Crippen LogP contribution in [0.15, 0.2) is 48.5 Å². The van der Waals surface area contributed by atoms with Gasteiger partial charge in [-0.3, -0.25) is 5.32 Å². The fraction of sp³-hybridized carbons (Fsp3) is 0.118. The van der Waals surface area contributed by atoms with E-state index in [1.165, 1.54) is 11.3 Å². The second-order valence-corrected chi connectivity index (χ2v) is 6.64. The van der Waals surface area contributed by atoms with E-state index in [1.54, 1.807) is 18.2 Å². The van der Waals surface area contributed by atoms with Crippen LogP contribution in [0.25, 0.3) is 0 Å². The van der Waals surface area contributed by atoms with Gasteiger partial charge in [0.2, 0.25) is 5.13 Å². The number of amides is 2. The molecular weight excluding hydrogens is 360 g/mol. The molecule has 0 saturated heterocycles. The number of aromatic nitrogens is 2. The lowest BCUT2D eigenvalue weighted by atomic mass is 10.2. The zero-order valence-electron chi connectivity index (χ0n) is 13.3. The summed E-state index contributed by atoms with van der Waals surface area (Å²) >= 11 is 7.18. The van der Waals surface area contributed by atoms with Crippen molar-refractivity contribution >= 4 is 39.8 Å². The molecule has 1 heterocycles. The van der Waals surface area contributed by atoms with Crippen LogP contribution >= 0.6 is 22.9 Å². The average Bonchev–Trinajstić information content (AvgIpc) is 3.02. The molecule has 2 amide bonds. The number of hydrogen-bond donors (Lipinski definition) is 2. The van der Waals surface area contributed by atoms with E-state index in [2.05, 4.69) is 20.8 Å². The molecule has 0 spiro atoms. The lowest BCUT2D eigenvalue weighted by Crippen LogP contribution is -2.19. The highest BCUT2D eigenvalue weighted by atomic mass is 35.5. The van der Waals surface area contributed by atoms with E-state index in [0.29, 0.717) is 20.8 Å². The van der Waals surface area contributed by atoms with E-state index in [4.69, 9.17) is 16.3 Å². The number of rotatable bonds is 5. The normalized spacial score (nSPS) is 10.3. The molecule has 0 aliphatic rings. The van der Waals surface area contributed by atoms with Crippen molar-refractivity contribution < 1.29 is 9.53 Å². The van der Waals surface area contributed by atoms with Crippen molar-refractivity contribution in [3.63, 3.8) is 0 Å². The highest BCUT2D eigenvalue weighted by Crippen LogP contribution is 2.24. The van der Waals surface area contributed by atoms with Crippen molar-refractivity contribution in [3.8, 4) is 5.75 Å². The molecule has 0 bridgehead atoms. The van der Waals surface area contributed by atoms with Gasteiger partial charge in [0.15, 0.2) is 5.01 Å². The summed E-state index contributed by atoms with van der Waals surface area (Å²) < 4.78 is 5.71. The fourth-order valence-electron chi connectivity index (χ4n) is 2.06. The first-order valence-electron chi connectivity index (χ1n) is 7.44. The van der Waals surface area contributed by atoms with Gasteiger partial charge < -0.3 is 10.1 Å². The molecule has 3 aromatic rings. The second-order valence-electron chi connectivity index (χ2n) is 5.14. The van der Waals surface area contributed by atoms with Crippen LogP contribution in [0.3, 0.4) is 0 Å². The zero-order chi connectivity index (χ0) is 17.6. The number of halogens is 1. The number of carbonyl (C=O) groups is 1. The predicted molar refractivity (Wildman–Crippen MR) is 99.5 cm³/mol. The van der Waals surface area contributed by atoms with Crippen LogP contribution in [0.2, 0.25) is 5.02 Å². The number of aryl methyl sites for hydroxylation is 1. The summed E-state index contributed by atoms with van der Waals surface area (Å²) in [5.74, 6) is 0.732. The van der Waals surface area contributed by atoms with Crippen molar-refractivity contribution in [2.45, 2.75) is 13.5 Å². The highest BCUT2D eigenvalue weighted by Gasteiger charge is 2.09. The molecule has 0 aliphatic heterocycles. The van der Waals surface area contributed by atoms with E-state index in [-0.39, 0.29) is 12.6 Å². The maximum atomic E-state index is 11.9. The second kappa shape index (κ2) is 7.96. The summed E-state index contributed by atoms with van der Waals surface area (Å²) in [4.78, 5) is 11.9. The summed E-state index contributed by atoms with van der Waals surface area (Å²) in [6, 6.07) is 14.2. The number of benzene rings is 2. The zero-order valence-corrected chi connectivity index (χ0v) is 14.9. The Kier molecular flexibility index (Phi) is 5.47. The minimum absolute atomic E-state index is 0.266. The Morgan fingerprint density at radius 2 is 1.96 bits per heavy atom. The Morgan fingerprint density at radius 1 is 1.16 bits per heavy atom. The summed E-state index contributed by atoms with van der Waals surface area (Å²) in [5.41, 5.74) is 1.64. The Hall–Kier alpha value is -2.64. The molecule has 0 atom stereocenters. The molecule has 2 aromatic carbocycles. The topological polar surface area (TPSA) is 76.1 Å². The van der Waals surface area contributed by atoms with Gasteiger partial charge in [0, 0.05) is 10.7 Å². The predicted octanol–water partition coefficient (Wildman–Crippen LogP) is 4.72. The van der Waals surface area contributed by atoms with Gasteiger partial charge in [0.25, 0.3) is 0 Å². The van der Waals surface area contributed by atoms with Gasteiger partial charge >= 0.3 is 6.03 Å². The molecule has 0 fully saturated rings. The van der Waals surface area contributed by atoms with Gasteiger partial charge in [-0.05, 0) is 42.8 Å². The summed E-state index contributed by atoms with van der Waals surface area (Å²) in [5, 5.41) is 15.0. The van der Waals surface area contributed by atoms with Gasteiger partial charge in [0.05, 0.1) is 0 Å². The molecule has 2 N–H and O–H groups in total. The molecule has 8 heteroatoms. The number of nitrogens with one attached hydrogen (secondary N) is 2. The van der Waals surface area contributed by atoms with E-state index < -0.39 is 0 Å². The van der Waals surface area contributed by atoms with Gasteiger partial charge in [-0.1, -0.05) is 41.1 Å². The molecule has 0 unspecified atom stereocenters. The Bertz CT molecular complexity index is 870. The molecule has 25 heavy (non-hydrogen) atoms. The van der Waals surface area contributed by atoms with Crippen molar-refractivity contribution in [2.24, 2.45) is 0 Å². The number of para-hydroxylation sites is 1. The maximum absolute atomic E-state index is 11.9. The first-order chi connectivity index (χ1) is 12.1. The lowest BCUT2D eigenvalue weighted by Gasteiger charge is -2.07. The number of hydrogen-bond acceptors (Lipinski definition) is 5. The van der Waals surface area contributed by atoms with Gasteiger partial charge in [-0.2, -0.15) is 0 Å². The van der Waals surface area contributed by atoms with Gasteiger partial charge in [-0.25, -0.2) is 4.79 Å². The molecular formula is C17H15ClN4O2S. The number of ether oxygens (including phenoxy) is 1. The summed E-state index contributed by atoms with van der Waals surface area (Å²) in [7, 11) is 0. The van der Waals surface area contributed by atoms with Crippen LogP contribution < -0.4 is 15.4 Å². The van der Waals surface area contributed by atoms with Crippen LogP contribution in [0.1, 0.15) is 10.6 Å². The van der Waals surface area contributed by atoms with Crippen molar-refractivity contribution in [3.05, 3.63) is 64.1 Å². The van der Waals surface area contributed by atoms with Crippen molar-refractivity contribution in [2.75, 3.05) is 10.6 Å². The minimum Gasteiger partial charge on any atom is -0.486 e. The monoisotopic (exact) mass is 374 g/mol. The molecule has 3 rings (SSSR count). The minimum atomic E-state index is -0.372. The standard InChI is InChI=1S/C17H15ClN4O2S/c1-11-9-12(18)7-8-14(11)24-10-15-21-22-17(25-15)20-16(23)19-13-5-3-2-4-6-13/h2-9H,10H2,1H3,(H2,19,20,22,23). The average molecular weight is 375 g/mol. The van der Waals surface area contributed by atoms with Crippen LogP contribution in [-0.2, 0) is 6.61 Å². The summed E-state index contributed by atoms with van der Waals surface area (Å²) in [6.07, 6.45) is 0. The van der Waals surface area contributed by atoms with Gasteiger partial charge in [-0.15, -0.1) is 10.2 Å². The third-order valence-electron chi connectivity index (χ3n) is 3.21. The Labute approximate surface area is 153 Å². The molecule has 1 aromatic heterocycles. The smallest absolute Gasteiger partial charge is 0.325 e. The van der Waals surface area contributed by atoms with Crippen LogP contribution in [0.4, 0.5) is 15.6 Å². The Morgan fingerprint density at radius 3 is 2.72 bits per heavy atom. The Balaban J connectivity index is 1.54. The molecule has 0 saturated carbocycles. The summed E-state index contributed by atoms with van der Waals surface area (Å²) in [6.45, 7) is 2.18. The molecule has 6 nitrogen and oxygen atoms in total. The quantitative estimate of drug-likeness (QED) is 0.677. The number of nitrogens with zero attached hydrogens (tertiary/aromatic N) is 2. The van der Waals surface area contributed by atoms with Crippen LogP contribution in [0.5, 0.6) is 5.75 Å². The highest BCUT2D eigenvalue weighted by molar-refractivity contribution is 7.15. The number of anilines is 2. The third-order valence-corrected chi connectivity index (χ3v) is 4.25. The molecule has 0 aliphatic carbocycles. The maximum Gasteiger partial charge on any atom is 0.325 e. The van der Waals surface area contributed by atoms with E-state index >= 15 is 0 Å². The SMILES string of the molecule is Cc1cc(Cl)ccc1OCc1nnc(NC(=O)Nc2ccccc2)s1. The molecule has 0 radical (unpaired) electrons. The third kappa shape index (κ3) is 4.91. The fourth-order valence-corrected chi connectivity index (χ4v) is 2.93. The first kappa shape index (κ1) is 17.2. The van der Waals surface area contributed by atoms with E-state index in [0.717, 1.165) is 11.3 Å². The van der Waals surface area contributed by atoms with Crippen LogP contribution in [0, 0.1) is 6.92 Å². The van der Waals surface area contributed by atoms with E-state index in [1.807, 2.05) is 37.3 Å². The van der Waals surface area contributed by atoms with E-state index in [9.17, 15) is 4.79 Å². The van der Waals surface area contributed by atoms with Crippen molar-refractivity contribution in [1.29, 1.82) is 0 Å². The number of urea groups is 1. The van der Waals surface area contributed by atoms with Crippen molar-refractivity contribution in [1.82, 2.24) is 10.2 Å². The molecule has 128 valence electrons. The first-order valence-corrected chi connectivity index (χ1v) is 8.64.